The predicted octanol–water partition coefficient (Wildman–Crippen LogP) is 4.56. The van der Waals surface area contributed by atoms with Gasteiger partial charge in [0.1, 0.15) is 5.75 Å². The number of carboxylic acids is 1. The number of thioether (sulfide) groups is 1. The molecular weight excluding hydrogens is 330 g/mol. The Morgan fingerprint density at radius 1 is 1.17 bits per heavy atom. The first kappa shape index (κ1) is 15.8. The van der Waals surface area contributed by atoms with Crippen LogP contribution in [0, 0.1) is 0 Å². The minimum Gasteiger partial charge on any atom is -0.494 e. The summed E-state index contributed by atoms with van der Waals surface area (Å²) in [5.74, 6) is 0.705. The van der Waals surface area contributed by atoms with E-state index >= 15 is 0 Å². The van der Waals surface area contributed by atoms with E-state index in [1.807, 2.05) is 18.2 Å². The van der Waals surface area contributed by atoms with Crippen molar-refractivity contribution in [2.24, 2.45) is 0 Å². The van der Waals surface area contributed by atoms with Crippen molar-refractivity contribution in [3.05, 3.63) is 54.1 Å². The van der Waals surface area contributed by atoms with Crippen LogP contribution in [0.2, 0.25) is 0 Å². The van der Waals surface area contributed by atoms with Crippen molar-refractivity contribution in [1.29, 1.82) is 0 Å². The first-order valence-corrected chi connectivity index (χ1v) is 8.97. The highest BCUT2D eigenvalue weighted by Crippen LogP contribution is 2.29. The summed E-state index contributed by atoms with van der Waals surface area (Å²) >= 11 is 3.45. The molecule has 1 N–H and O–H groups in total. The molecule has 3 rings (SSSR count). The molecule has 0 aliphatic heterocycles. The second-order valence-corrected chi connectivity index (χ2v) is 7.20. The van der Waals surface area contributed by atoms with Gasteiger partial charge < -0.3 is 9.84 Å². The van der Waals surface area contributed by atoms with Crippen molar-refractivity contribution in [2.45, 2.75) is 10.8 Å². The monoisotopic (exact) mass is 345 g/mol. The minimum absolute atomic E-state index is 0.267. The second-order valence-electron chi connectivity index (χ2n) is 4.83. The third-order valence-corrected chi connectivity index (χ3v) is 5.42. The van der Waals surface area contributed by atoms with Crippen LogP contribution in [-0.4, -0.2) is 28.4 Å². The van der Waals surface area contributed by atoms with Crippen LogP contribution in [0.5, 0.6) is 5.75 Å². The number of aromatic nitrogens is 1. The molecule has 0 fully saturated rings. The highest BCUT2D eigenvalue weighted by atomic mass is 32.2. The van der Waals surface area contributed by atoms with E-state index in [2.05, 4.69) is 11.1 Å². The Kier molecular flexibility index (Phi) is 5.15. The summed E-state index contributed by atoms with van der Waals surface area (Å²) in [6, 6.07) is 14.6. The predicted molar refractivity (Wildman–Crippen MR) is 93.9 cm³/mol. The average Bonchev–Trinajstić information content (AvgIpc) is 2.97. The van der Waals surface area contributed by atoms with Crippen molar-refractivity contribution in [2.75, 3.05) is 12.4 Å². The molecule has 0 aliphatic carbocycles. The van der Waals surface area contributed by atoms with Gasteiger partial charge in [-0.2, -0.15) is 0 Å². The van der Waals surface area contributed by atoms with Gasteiger partial charge >= 0.3 is 5.97 Å². The van der Waals surface area contributed by atoms with Crippen LogP contribution < -0.4 is 4.74 Å². The molecule has 0 unspecified atom stereocenters. The van der Waals surface area contributed by atoms with Crippen LogP contribution in [0.4, 0.5) is 0 Å². The first-order chi connectivity index (χ1) is 11.2. The average molecular weight is 345 g/mol. The van der Waals surface area contributed by atoms with Crippen molar-refractivity contribution >= 4 is 39.3 Å². The van der Waals surface area contributed by atoms with Gasteiger partial charge in [0, 0.05) is 5.75 Å². The fourth-order valence-electron chi connectivity index (χ4n) is 2.01. The number of hydrogen-bond donors (Lipinski definition) is 1. The topological polar surface area (TPSA) is 59.4 Å². The van der Waals surface area contributed by atoms with Crippen LogP contribution in [0.15, 0.2) is 52.9 Å². The van der Waals surface area contributed by atoms with E-state index in [9.17, 15) is 4.79 Å². The summed E-state index contributed by atoms with van der Waals surface area (Å²) in [7, 11) is 0. The smallest absolute Gasteiger partial charge is 0.335 e. The molecule has 0 saturated carbocycles. The summed E-state index contributed by atoms with van der Waals surface area (Å²) in [4.78, 5) is 15.3. The normalized spacial score (nSPS) is 10.8. The molecule has 6 heteroatoms. The first-order valence-electron chi connectivity index (χ1n) is 7.17. The quantitative estimate of drug-likeness (QED) is 0.502. The van der Waals surface area contributed by atoms with Gasteiger partial charge in [0.25, 0.3) is 0 Å². The van der Waals surface area contributed by atoms with E-state index < -0.39 is 5.97 Å². The molecule has 118 valence electrons. The maximum Gasteiger partial charge on any atom is 0.335 e. The van der Waals surface area contributed by atoms with Crippen LogP contribution in [-0.2, 0) is 0 Å². The van der Waals surface area contributed by atoms with Gasteiger partial charge in [-0.1, -0.05) is 23.9 Å². The standard InChI is InChI=1S/C17H15NO3S2/c19-16(20)12-6-8-13(9-7-12)21-10-3-11-22-17-18-14-4-1-2-5-15(14)23-17/h1-2,4-9H,3,10-11H2,(H,19,20). The largest absolute Gasteiger partial charge is 0.494 e. The highest BCUT2D eigenvalue weighted by Gasteiger charge is 2.04. The number of carbonyl (C=O) groups is 1. The van der Waals surface area contributed by atoms with Crippen molar-refractivity contribution in [3.63, 3.8) is 0 Å². The third kappa shape index (κ3) is 4.24. The van der Waals surface area contributed by atoms with Crippen molar-refractivity contribution in [3.8, 4) is 5.75 Å². The number of fused-ring (bicyclic) bond motifs is 1. The molecule has 0 radical (unpaired) electrons. The molecule has 0 saturated heterocycles. The van der Waals surface area contributed by atoms with E-state index in [0.29, 0.717) is 12.4 Å². The Morgan fingerprint density at radius 3 is 2.70 bits per heavy atom. The Morgan fingerprint density at radius 2 is 1.96 bits per heavy atom. The zero-order chi connectivity index (χ0) is 16.1. The van der Waals surface area contributed by atoms with E-state index in [1.165, 1.54) is 4.70 Å². The van der Waals surface area contributed by atoms with Gasteiger partial charge in [0.15, 0.2) is 4.34 Å². The maximum absolute atomic E-state index is 10.8. The molecular formula is C17H15NO3S2. The Balaban J connectivity index is 1.42. The van der Waals surface area contributed by atoms with E-state index in [-0.39, 0.29) is 5.56 Å². The van der Waals surface area contributed by atoms with Crippen LogP contribution in [0.1, 0.15) is 16.8 Å². The number of para-hydroxylation sites is 1. The third-order valence-electron chi connectivity index (χ3n) is 3.16. The summed E-state index contributed by atoms with van der Waals surface area (Å²) in [5.41, 5.74) is 1.32. The number of benzene rings is 2. The summed E-state index contributed by atoms with van der Waals surface area (Å²) in [5, 5.41) is 8.83. The van der Waals surface area contributed by atoms with E-state index in [4.69, 9.17) is 9.84 Å². The number of ether oxygens (including phenoxy) is 1. The van der Waals surface area contributed by atoms with Crippen LogP contribution >= 0.6 is 23.1 Å². The van der Waals surface area contributed by atoms with Gasteiger partial charge in [-0.15, -0.1) is 11.3 Å². The SMILES string of the molecule is O=C(O)c1ccc(OCCCSc2nc3ccccc3s2)cc1. The molecule has 2 aromatic carbocycles. The Hall–Kier alpha value is -2.05. The zero-order valence-corrected chi connectivity index (χ0v) is 13.9. The fraction of sp³-hybridized carbons (Fsp3) is 0.176. The molecule has 0 atom stereocenters. The molecule has 0 amide bonds. The van der Waals surface area contributed by atoms with Gasteiger partial charge in [-0.3, -0.25) is 0 Å². The minimum atomic E-state index is -0.927. The van der Waals surface area contributed by atoms with Crippen LogP contribution in [0.25, 0.3) is 10.2 Å². The molecule has 3 aromatic rings. The molecule has 1 aromatic heterocycles. The summed E-state index contributed by atoms with van der Waals surface area (Å²) < 4.78 is 7.91. The molecule has 4 nitrogen and oxygen atoms in total. The number of hydrogen-bond acceptors (Lipinski definition) is 5. The van der Waals surface area contributed by atoms with Gasteiger partial charge in [-0.05, 0) is 42.8 Å². The lowest BCUT2D eigenvalue weighted by Gasteiger charge is -2.05. The zero-order valence-electron chi connectivity index (χ0n) is 12.3. The molecule has 0 aliphatic rings. The number of nitrogens with zero attached hydrogens (tertiary/aromatic N) is 1. The van der Waals surface area contributed by atoms with E-state index in [0.717, 1.165) is 22.0 Å². The number of carboxylic acid groups (broad SMARTS) is 1. The summed E-state index contributed by atoms with van der Waals surface area (Å²) in [6.45, 7) is 0.602. The highest BCUT2D eigenvalue weighted by molar-refractivity contribution is 8.01. The van der Waals surface area contributed by atoms with Crippen molar-refractivity contribution < 1.29 is 14.6 Å². The fourth-order valence-corrected chi connectivity index (χ4v) is 4.07. The number of aromatic carboxylic acids is 1. The Bertz CT molecular complexity index is 766. The lowest BCUT2D eigenvalue weighted by Crippen LogP contribution is -2.00. The molecule has 0 spiro atoms. The van der Waals surface area contributed by atoms with Gasteiger partial charge in [0.05, 0.1) is 22.4 Å². The lowest BCUT2D eigenvalue weighted by molar-refractivity contribution is 0.0697. The lowest BCUT2D eigenvalue weighted by atomic mass is 10.2. The van der Waals surface area contributed by atoms with Gasteiger partial charge in [-0.25, -0.2) is 9.78 Å². The molecule has 1 heterocycles. The van der Waals surface area contributed by atoms with Crippen LogP contribution in [0.3, 0.4) is 0 Å². The number of rotatable bonds is 7. The maximum atomic E-state index is 10.8. The van der Waals surface area contributed by atoms with E-state index in [1.54, 1.807) is 47.4 Å². The number of thiazole rings is 1. The van der Waals surface area contributed by atoms with Gasteiger partial charge in [0.2, 0.25) is 0 Å². The van der Waals surface area contributed by atoms with Crippen molar-refractivity contribution in [1.82, 2.24) is 4.98 Å². The Labute approximate surface area is 142 Å². The summed E-state index contributed by atoms with van der Waals surface area (Å²) in [6.07, 6.45) is 0.904. The molecule has 0 bridgehead atoms. The molecule has 23 heavy (non-hydrogen) atoms. The second kappa shape index (κ2) is 7.48.